The van der Waals surface area contributed by atoms with Gasteiger partial charge < -0.3 is 5.11 Å². The molecule has 1 amide bonds. The van der Waals surface area contributed by atoms with Gasteiger partial charge >= 0.3 is 0 Å². The molecule has 3 heterocycles. The van der Waals surface area contributed by atoms with E-state index in [0.29, 0.717) is 32.1 Å². The Bertz CT molecular complexity index is 1370. The molecule has 2 aromatic carbocycles. The third kappa shape index (κ3) is 4.60. The molecule has 1 fully saturated rings. The molecule has 7 nitrogen and oxygen atoms in total. The Morgan fingerprint density at radius 2 is 1.69 bits per heavy atom. The van der Waals surface area contributed by atoms with E-state index >= 15 is 4.39 Å². The summed E-state index contributed by atoms with van der Waals surface area (Å²) in [4.78, 5) is 29.0. The Hall–Kier alpha value is -2.69. The number of carbonyl (C=O) groups is 1. The molecule has 3 aromatic rings. The summed E-state index contributed by atoms with van der Waals surface area (Å²) in [6.07, 6.45) is 2.05. The van der Waals surface area contributed by atoms with Gasteiger partial charge in [-0.2, -0.15) is 5.06 Å². The Morgan fingerprint density at radius 1 is 1.08 bits per heavy atom. The van der Waals surface area contributed by atoms with Crippen LogP contribution in [0.15, 0.2) is 48.8 Å². The second-order valence-corrected chi connectivity index (χ2v) is 10.6. The lowest BCUT2D eigenvalue weighted by Gasteiger charge is -2.50. The molecule has 1 aromatic heterocycles. The highest BCUT2D eigenvalue weighted by Gasteiger charge is 2.67. The third-order valence-corrected chi connectivity index (χ3v) is 8.10. The van der Waals surface area contributed by atoms with Crippen LogP contribution in [0.25, 0.3) is 11.1 Å². The van der Waals surface area contributed by atoms with Crippen molar-refractivity contribution in [3.8, 4) is 11.1 Å². The summed E-state index contributed by atoms with van der Waals surface area (Å²) >= 11 is 12.1. The molecule has 0 radical (unpaired) electrons. The van der Waals surface area contributed by atoms with E-state index in [4.69, 9.17) is 28.0 Å². The second-order valence-electron chi connectivity index (χ2n) is 9.75. The molecule has 11 heteroatoms. The number of carbonyl (C=O) groups excluding carboxylic acids is 1. The predicted molar refractivity (Wildman–Crippen MR) is 144 cm³/mol. The fraction of sp³-hybridized carbons (Fsp3) is 0.393. The second kappa shape index (κ2) is 10.7. The number of hydrogen-bond donors (Lipinski definition) is 1. The number of halogens is 4. The van der Waals surface area contributed by atoms with Crippen molar-refractivity contribution in [2.45, 2.75) is 50.3 Å². The molecule has 39 heavy (non-hydrogen) atoms. The number of hydrogen-bond acceptors (Lipinski definition) is 6. The first-order valence-corrected chi connectivity index (χ1v) is 13.5. The number of hydroxylamine groups is 2. The average Bonchev–Trinajstić information content (AvgIpc) is 3.17. The SMILES string of the molecule is CCC(O)(N1CCC(F)CC1)[C@]1(F)c2c(ccc(-c3ccc(Cl)cc3)c2Cc2ncc(Cl)cn2)C(=O)N1OC. The van der Waals surface area contributed by atoms with Crippen LogP contribution in [0.2, 0.25) is 10.0 Å². The largest absolute Gasteiger partial charge is 0.370 e. The van der Waals surface area contributed by atoms with Gasteiger partial charge in [0, 0.05) is 42.5 Å². The van der Waals surface area contributed by atoms with Crippen LogP contribution in [0.5, 0.6) is 0 Å². The van der Waals surface area contributed by atoms with Crippen LogP contribution in [-0.2, 0) is 17.1 Å². The number of aliphatic hydroxyl groups is 1. The summed E-state index contributed by atoms with van der Waals surface area (Å²) in [7, 11) is 1.18. The Balaban J connectivity index is 1.77. The van der Waals surface area contributed by atoms with Crippen LogP contribution in [0, 0.1) is 0 Å². The molecular formula is C28H28Cl2F2N4O3. The summed E-state index contributed by atoms with van der Waals surface area (Å²) < 4.78 is 32.1. The highest BCUT2D eigenvalue weighted by atomic mass is 35.5. The highest BCUT2D eigenvalue weighted by Crippen LogP contribution is 2.53. The maximum atomic E-state index is 18.1. The number of amides is 1. The zero-order chi connectivity index (χ0) is 27.9. The van der Waals surface area contributed by atoms with Crippen LogP contribution >= 0.6 is 23.2 Å². The number of nitrogens with zero attached hydrogens (tertiary/aromatic N) is 4. The van der Waals surface area contributed by atoms with Gasteiger partial charge in [0.15, 0.2) is 5.72 Å². The molecule has 0 saturated carbocycles. The fourth-order valence-corrected chi connectivity index (χ4v) is 5.91. The van der Waals surface area contributed by atoms with Crippen LogP contribution in [0.1, 0.15) is 53.5 Å². The first-order chi connectivity index (χ1) is 18.6. The van der Waals surface area contributed by atoms with Crippen molar-refractivity contribution in [1.82, 2.24) is 19.9 Å². The number of alkyl halides is 2. The van der Waals surface area contributed by atoms with Gasteiger partial charge in [-0.25, -0.2) is 18.7 Å². The number of fused-ring (bicyclic) bond motifs is 1. The van der Waals surface area contributed by atoms with E-state index in [-0.39, 0.29) is 49.9 Å². The Labute approximate surface area is 235 Å². The van der Waals surface area contributed by atoms with E-state index in [0.717, 1.165) is 5.56 Å². The van der Waals surface area contributed by atoms with Crippen molar-refractivity contribution >= 4 is 29.1 Å². The van der Waals surface area contributed by atoms with Gasteiger partial charge in [-0.1, -0.05) is 48.3 Å². The van der Waals surface area contributed by atoms with Crippen LogP contribution < -0.4 is 0 Å². The van der Waals surface area contributed by atoms with Crippen LogP contribution in [0.4, 0.5) is 8.78 Å². The number of aromatic nitrogens is 2. The summed E-state index contributed by atoms with van der Waals surface area (Å²) in [6, 6.07) is 10.3. The molecule has 0 spiro atoms. The lowest BCUT2D eigenvalue weighted by atomic mass is 9.81. The monoisotopic (exact) mass is 576 g/mol. The summed E-state index contributed by atoms with van der Waals surface area (Å²) in [5.41, 5.74) is -0.480. The zero-order valence-corrected chi connectivity index (χ0v) is 23.0. The average molecular weight is 577 g/mol. The van der Waals surface area contributed by atoms with E-state index in [9.17, 15) is 14.3 Å². The van der Waals surface area contributed by atoms with Crippen molar-refractivity contribution in [2.24, 2.45) is 0 Å². The molecule has 2 aliphatic heterocycles. The molecule has 1 saturated heterocycles. The maximum absolute atomic E-state index is 18.1. The molecule has 2 atom stereocenters. The van der Waals surface area contributed by atoms with E-state index in [1.165, 1.54) is 30.5 Å². The minimum atomic E-state index is -2.84. The lowest BCUT2D eigenvalue weighted by Crippen LogP contribution is -2.67. The minimum absolute atomic E-state index is 0.0289. The molecule has 0 bridgehead atoms. The first kappa shape index (κ1) is 27.9. The van der Waals surface area contributed by atoms with Crippen molar-refractivity contribution < 1.29 is 23.5 Å². The zero-order valence-electron chi connectivity index (χ0n) is 21.5. The molecule has 1 unspecified atom stereocenters. The molecule has 0 aliphatic carbocycles. The van der Waals surface area contributed by atoms with Gasteiger partial charge in [-0.15, -0.1) is 0 Å². The highest BCUT2D eigenvalue weighted by molar-refractivity contribution is 6.30. The minimum Gasteiger partial charge on any atom is -0.370 e. The predicted octanol–water partition coefficient (Wildman–Crippen LogP) is 5.71. The number of rotatable bonds is 7. The summed E-state index contributed by atoms with van der Waals surface area (Å²) in [5.74, 6) is -3.23. The van der Waals surface area contributed by atoms with E-state index in [1.54, 1.807) is 37.3 Å². The smallest absolute Gasteiger partial charge is 0.281 e. The Kier molecular flexibility index (Phi) is 7.65. The Morgan fingerprint density at radius 3 is 2.28 bits per heavy atom. The first-order valence-electron chi connectivity index (χ1n) is 12.7. The molecule has 2 aliphatic rings. The molecule has 206 valence electrons. The number of benzene rings is 2. The van der Waals surface area contributed by atoms with Crippen molar-refractivity contribution in [2.75, 3.05) is 20.2 Å². The van der Waals surface area contributed by atoms with Crippen LogP contribution in [0.3, 0.4) is 0 Å². The van der Waals surface area contributed by atoms with Crippen molar-refractivity contribution in [3.63, 3.8) is 0 Å². The summed E-state index contributed by atoms with van der Waals surface area (Å²) in [6.45, 7) is 1.86. The van der Waals surface area contributed by atoms with Gasteiger partial charge in [0.1, 0.15) is 12.0 Å². The molecular weight excluding hydrogens is 549 g/mol. The van der Waals surface area contributed by atoms with Gasteiger partial charge in [-0.3, -0.25) is 14.5 Å². The van der Waals surface area contributed by atoms with E-state index < -0.39 is 23.6 Å². The van der Waals surface area contributed by atoms with Crippen molar-refractivity contribution in [1.29, 1.82) is 0 Å². The number of likely N-dealkylation sites (tertiary alicyclic amines) is 1. The maximum Gasteiger partial charge on any atom is 0.281 e. The van der Waals surface area contributed by atoms with Crippen molar-refractivity contribution in [3.05, 3.63) is 81.4 Å². The third-order valence-electron chi connectivity index (χ3n) is 7.66. The summed E-state index contributed by atoms with van der Waals surface area (Å²) in [5, 5.41) is 13.6. The van der Waals surface area contributed by atoms with Gasteiger partial charge in [0.05, 0.1) is 17.7 Å². The standard InChI is InChI=1S/C28H28Cl2F2N4O3/c1-3-27(38,35-12-10-20(31)11-13-35)28(32)25-22(26(37)36(28)39-2)9-8-21(17-4-6-18(29)7-5-17)23(25)14-24-33-15-19(30)16-34-24/h4-9,15-16,20,38H,3,10-14H2,1-2H3/t27?,28-/m0/s1. The normalized spacial score (nSPS) is 21.7. The van der Waals surface area contributed by atoms with Crippen LogP contribution in [-0.4, -0.2) is 63.0 Å². The fourth-order valence-electron chi connectivity index (χ4n) is 5.68. The van der Waals surface area contributed by atoms with Gasteiger partial charge in [0.25, 0.3) is 11.7 Å². The van der Waals surface area contributed by atoms with E-state index in [2.05, 4.69) is 9.97 Å². The van der Waals surface area contributed by atoms with E-state index in [1.807, 2.05) is 0 Å². The quantitative estimate of drug-likeness (QED) is 0.363. The van der Waals surface area contributed by atoms with Gasteiger partial charge in [0.2, 0.25) is 0 Å². The molecule has 5 rings (SSSR count). The lowest BCUT2D eigenvalue weighted by molar-refractivity contribution is -0.324. The topological polar surface area (TPSA) is 78.8 Å². The number of piperidine rings is 1. The van der Waals surface area contributed by atoms with Gasteiger partial charge in [-0.05, 0) is 54.2 Å². The molecule has 1 N–H and O–H groups in total.